The van der Waals surface area contributed by atoms with Gasteiger partial charge in [-0.1, -0.05) is 36.8 Å². The van der Waals surface area contributed by atoms with Crippen molar-refractivity contribution in [3.05, 3.63) is 35.9 Å². The van der Waals surface area contributed by atoms with Crippen molar-refractivity contribution in [3.63, 3.8) is 0 Å². The lowest BCUT2D eigenvalue weighted by Gasteiger charge is -2.14. The molecule has 0 aromatic heterocycles. The first kappa shape index (κ1) is 12.7. The second-order valence-corrected chi connectivity index (χ2v) is 5.99. The normalized spacial score (nSPS) is 33.1. The van der Waals surface area contributed by atoms with Crippen LogP contribution in [0.3, 0.4) is 0 Å². The lowest BCUT2D eigenvalue weighted by Crippen LogP contribution is -2.33. The number of nitrogens with one attached hydrogen (secondary N) is 1. The summed E-state index contributed by atoms with van der Waals surface area (Å²) in [6, 6.07) is 11.0. The Balaban J connectivity index is 1.47. The number of hydrogen-bond acceptors (Lipinski definition) is 2. The second kappa shape index (κ2) is 5.33. The fraction of sp³-hybridized carbons (Fsp3) is 0.562. The minimum Gasteiger partial charge on any atom is -0.353 e. The van der Waals surface area contributed by atoms with Crippen LogP contribution >= 0.6 is 0 Å². The predicted molar refractivity (Wildman–Crippen MR) is 75.7 cm³/mol. The van der Waals surface area contributed by atoms with Crippen LogP contribution in [0.25, 0.3) is 0 Å². The molecule has 0 radical (unpaired) electrons. The lowest BCUT2D eigenvalue weighted by molar-refractivity contribution is -0.122. The highest BCUT2D eigenvalue weighted by Gasteiger charge is 2.39. The van der Waals surface area contributed by atoms with Gasteiger partial charge in [-0.25, -0.2) is 0 Å². The smallest absolute Gasteiger partial charge is 0.220 e. The Labute approximate surface area is 114 Å². The van der Waals surface area contributed by atoms with Crippen LogP contribution in [0.1, 0.15) is 43.6 Å². The molecule has 3 N–H and O–H groups in total. The number of amides is 1. The van der Waals surface area contributed by atoms with Crippen molar-refractivity contribution in [1.82, 2.24) is 5.32 Å². The lowest BCUT2D eigenvalue weighted by atomic mass is 10.00. The zero-order chi connectivity index (χ0) is 13.2. The van der Waals surface area contributed by atoms with Gasteiger partial charge in [0, 0.05) is 24.4 Å². The van der Waals surface area contributed by atoms with Crippen molar-refractivity contribution >= 4 is 5.91 Å². The quantitative estimate of drug-likeness (QED) is 0.869. The molecule has 1 aromatic carbocycles. The van der Waals surface area contributed by atoms with Gasteiger partial charge in [0.2, 0.25) is 5.91 Å². The van der Waals surface area contributed by atoms with E-state index in [0.29, 0.717) is 24.3 Å². The Kier molecular flexibility index (Phi) is 3.56. The third-order valence-electron chi connectivity index (χ3n) is 4.53. The number of carbonyl (C=O) groups excluding carboxylic acids is 1. The van der Waals surface area contributed by atoms with Gasteiger partial charge in [0.1, 0.15) is 0 Å². The van der Waals surface area contributed by atoms with Crippen LogP contribution in [0.15, 0.2) is 30.3 Å². The van der Waals surface area contributed by atoms with E-state index in [2.05, 4.69) is 29.6 Å². The van der Waals surface area contributed by atoms with Gasteiger partial charge >= 0.3 is 0 Å². The molecule has 2 saturated carbocycles. The highest BCUT2D eigenvalue weighted by atomic mass is 16.1. The Hall–Kier alpha value is -1.35. The minimum atomic E-state index is 0.186. The number of hydrogen-bond donors (Lipinski definition) is 2. The van der Waals surface area contributed by atoms with Gasteiger partial charge in [-0.05, 0) is 30.7 Å². The second-order valence-electron chi connectivity index (χ2n) is 5.99. The monoisotopic (exact) mass is 258 g/mol. The Morgan fingerprint density at radius 1 is 1.26 bits per heavy atom. The molecule has 3 rings (SSSR count). The van der Waals surface area contributed by atoms with Crippen molar-refractivity contribution in [3.8, 4) is 0 Å². The standard InChI is InChI=1S/C16H22N2O/c17-14-8-4-7-12(14)9-16(19)18-15-10-13(15)11-5-2-1-3-6-11/h1-3,5-6,12-15H,4,7-10,17H2,(H,18,19)/t12-,13?,14+,15?/m0/s1. The number of benzene rings is 1. The summed E-state index contributed by atoms with van der Waals surface area (Å²) in [6.07, 6.45) is 5.05. The zero-order valence-corrected chi connectivity index (χ0v) is 11.2. The van der Waals surface area contributed by atoms with Crippen LogP contribution in [-0.4, -0.2) is 18.0 Å². The molecule has 2 unspecified atom stereocenters. The SMILES string of the molecule is N[C@@H]1CCC[C@H]1CC(=O)NC1CC1c1ccccc1. The summed E-state index contributed by atoms with van der Waals surface area (Å²) in [5, 5.41) is 3.16. The van der Waals surface area contributed by atoms with Gasteiger partial charge in [-0.2, -0.15) is 0 Å². The maximum absolute atomic E-state index is 12.0. The summed E-state index contributed by atoms with van der Waals surface area (Å²) in [5.74, 6) is 1.10. The fourth-order valence-electron chi connectivity index (χ4n) is 3.25. The third kappa shape index (κ3) is 2.98. The zero-order valence-electron chi connectivity index (χ0n) is 11.2. The maximum atomic E-state index is 12.0. The van der Waals surface area contributed by atoms with Crippen molar-refractivity contribution < 1.29 is 4.79 Å². The molecule has 0 aliphatic heterocycles. The highest BCUT2D eigenvalue weighted by molar-refractivity contribution is 5.77. The molecule has 3 nitrogen and oxygen atoms in total. The van der Waals surface area contributed by atoms with Gasteiger partial charge in [0.05, 0.1) is 0 Å². The van der Waals surface area contributed by atoms with Gasteiger partial charge in [0.15, 0.2) is 0 Å². The van der Waals surface area contributed by atoms with E-state index < -0.39 is 0 Å². The summed E-state index contributed by atoms with van der Waals surface area (Å²) in [5.41, 5.74) is 7.35. The highest BCUT2D eigenvalue weighted by Crippen LogP contribution is 2.40. The van der Waals surface area contributed by atoms with E-state index in [9.17, 15) is 4.79 Å². The van der Waals surface area contributed by atoms with Gasteiger partial charge in [0.25, 0.3) is 0 Å². The molecule has 1 amide bonds. The summed E-state index contributed by atoms with van der Waals surface area (Å²) < 4.78 is 0. The number of rotatable bonds is 4. The van der Waals surface area contributed by atoms with Crippen molar-refractivity contribution in [2.24, 2.45) is 11.7 Å². The summed E-state index contributed by atoms with van der Waals surface area (Å²) >= 11 is 0. The van der Waals surface area contributed by atoms with Crippen LogP contribution in [0.4, 0.5) is 0 Å². The van der Waals surface area contributed by atoms with E-state index in [0.717, 1.165) is 19.3 Å². The van der Waals surface area contributed by atoms with E-state index in [4.69, 9.17) is 5.73 Å². The molecule has 19 heavy (non-hydrogen) atoms. The van der Waals surface area contributed by atoms with Crippen molar-refractivity contribution in [2.75, 3.05) is 0 Å². The van der Waals surface area contributed by atoms with E-state index >= 15 is 0 Å². The van der Waals surface area contributed by atoms with Crippen LogP contribution in [-0.2, 0) is 4.79 Å². The molecule has 0 heterocycles. The Morgan fingerprint density at radius 2 is 2.05 bits per heavy atom. The Bertz CT molecular complexity index is 445. The van der Waals surface area contributed by atoms with E-state index in [1.165, 1.54) is 12.0 Å². The number of carbonyl (C=O) groups is 1. The molecular formula is C16H22N2O. The average molecular weight is 258 g/mol. The van der Waals surface area contributed by atoms with Crippen LogP contribution < -0.4 is 11.1 Å². The van der Waals surface area contributed by atoms with Crippen molar-refractivity contribution in [2.45, 2.75) is 50.1 Å². The Morgan fingerprint density at radius 3 is 2.74 bits per heavy atom. The third-order valence-corrected chi connectivity index (χ3v) is 4.53. The molecule has 2 fully saturated rings. The maximum Gasteiger partial charge on any atom is 0.220 e. The molecule has 1 aromatic rings. The molecule has 102 valence electrons. The first-order valence-electron chi connectivity index (χ1n) is 7.34. The van der Waals surface area contributed by atoms with Crippen molar-refractivity contribution in [1.29, 1.82) is 0 Å². The van der Waals surface area contributed by atoms with Gasteiger partial charge in [-0.3, -0.25) is 4.79 Å². The average Bonchev–Trinajstić information content (AvgIpc) is 3.06. The van der Waals surface area contributed by atoms with Gasteiger partial charge in [-0.15, -0.1) is 0 Å². The molecular weight excluding hydrogens is 236 g/mol. The summed E-state index contributed by atoms with van der Waals surface area (Å²) in [7, 11) is 0. The fourth-order valence-corrected chi connectivity index (χ4v) is 3.25. The van der Waals surface area contributed by atoms with Crippen LogP contribution in [0.2, 0.25) is 0 Å². The van der Waals surface area contributed by atoms with Crippen LogP contribution in [0.5, 0.6) is 0 Å². The predicted octanol–water partition coefficient (Wildman–Crippen LogP) is 2.18. The molecule has 0 spiro atoms. The van der Waals surface area contributed by atoms with Crippen LogP contribution in [0, 0.1) is 5.92 Å². The molecule has 0 saturated heterocycles. The topological polar surface area (TPSA) is 55.1 Å². The van der Waals surface area contributed by atoms with Gasteiger partial charge < -0.3 is 11.1 Å². The molecule has 3 heteroatoms. The largest absolute Gasteiger partial charge is 0.353 e. The summed E-state index contributed by atoms with van der Waals surface area (Å²) in [4.78, 5) is 12.0. The first-order valence-corrected chi connectivity index (χ1v) is 7.34. The van der Waals surface area contributed by atoms with E-state index in [1.807, 2.05) is 6.07 Å². The first-order chi connectivity index (χ1) is 9.24. The minimum absolute atomic E-state index is 0.186. The van der Waals surface area contributed by atoms with E-state index in [-0.39, 0.29) is 11.9 Å². The molecule has 4 atom stereocenters. The molecule has 2 aliphatic carbocycles. The molecule has 0 bridgehead atoms. The van der Waals surface area contributed by atoms with E-state index in [1.54, 1.807) is 0 Å². The molecule has 2 aliphatic rings. The summed E-state index contributed by atoms with van der Waals surface area (Å²) in [6.45, 7) is 0. The number of nitrogens with two attached hydrogens (primary N) is 1.